The normalized spacial score (nSPS) is 12.8. The molecule has 2 aromatic rings. The second-order valence-electron chi connectivity index (χ2n) is 5.22. The summed E-state index contributed by atoms with van der Waals surface area (Å²) in [5.41, 5.74) is 5.41. The number of ether oxygens (including phenoxy) is 1. The fourth-order valence-electron chi connectivity index (χ4n) is 2.64. The number of carbonyl (C=O) groups is 1. The van der Waals surface area contributed by atoms with Crippen LogP contribution in [-0.2, 0) is 24.1 Å². The van der Waals surface area contributed by atoms with E-state index >= 15 is 0 Å². The Hall–Kier alpha value is -2.36. The highest BCUT2D eigenvalue weighted by Crippen LogP contribution is 2.25. The Labute approximate surface area is 124 Å². The topological polar surface area (TPSA) is 51.2 Å². The van der Waals surface area contributed by atoms with E-state index in [1.54, 1.807) is 12.3 Å². The average Bonchev–Trinajstić information content (AvgIpc) is 3.00. The molecular weight excluding hydrogens is 264 g/mol. The minimum Gasteiger partial charge on any atom is -0.465 e. The Balaban J connectivity index is 1.63. The standard InChI is InChI=1S/C17H18N2O2/c1-21-17(20)14-6-8-16(18-10-14)11-19-15-7-5-12-3-2-4-13(12)9-15/h5-10,19H,2-4,11H2,1H3. The van der Waals surface area contributed by atoms with Crippen LogP contribution in [0.15, 0.2) is 36.5 Å². The second kappa shape index (κ2) is 5.95. The Morgan fingerprint density at radius 3 is 2.86 bits per heavy atom. The molecule has 0 spiro atoms. The van der Waals surface area contributed by atoms with E-state index in [-0.39, 0.29) is 5.97 Å². The van der Waals surface area contributed by atoms with Crippen LogP contribution >= 0.6 is 0 Å². The lowest BCUT2D eigenvalue weighted by atomic mass is 10.1. The number of rotatable bonds is 4. The van der Waals surface area contributed by atoms with Crippen molar-refractivity contribution in [2.75, 3.05) is 12.4 Å². The lowest BCUT2D eigenvalue weighted by molar-refractivity contribution is 0.0600. The van der Waals surface area contributed by atoms with Gasteiger partial charge in [0.15, 0.2) is 0 Å². The molecule has 0 atom stereocenters. The molecule has 0 unspecified atom stereocenters. The molecule has 21 heavy (non-hydrogen) atoms. The van der Waals surface area contributed by atoms with Crippen molar-refractivity contribution in [3.8, 4) is 0 Å². The number of methoxy groups -OCH3 is 1. The van der Waals surface area contributed by atoms with E-state index in [1.165, 1.54) is 37.5 Å². The average molecular weight is 282 g/mol. The molecule has 1 aliphatic rings. The van der Waals surface area contributed by atoms with Crippen LogP contribution in [-0.4, -0.2) is 18.1 Å². The minimum absolute atomic E-state index is 0.361. The van der Waals surface area contributed by atoms with Crippen LogP contribution in [0.2, 0.25) is 0 Å². The molecule has 0 radical (unpaired) electrons. The molecule has 0 saturated carbocycles. The number of anilines is 1. The third-order valence-electron chi connectivity index (χ3n) is 3.82. The quantitative estimate of drug-likeness (QED) is 0.876. The first-order valence-corrected chi connectivity index (χ1v) is 7.15. The van der Waals surface area contributed by atoms with E-state index in [0.717, 1.165) is 11.4 Å². The van der Waals surface area contributed by atoms with E-state index in [0.29, 0.717) is 12.1 Å². The molecule has 4 nitrogen and oxygen atoms in total. The first kappa shape index (κ1) is 13.6. The number of hydrogen-bond donors (Lipinski definition) is 1. The van der Waals surface area contributed by atoms with Gasteiger partial charge in [-0.15, -0.1) is 0 Å². The van der Waals surface area contributed by atoms with E-state index in [4.69, 9.17) is 0 Å². The number of hydrogen-bond acceptors (Lipinski definition) is 4. The van der Waals surface area contributed by atoms with E-state index in [9.17, 15) is 4.79 Å². The van der Waals surface area contributed by atoms with Crippen molar-refractivity contribution in [1.29, 1.82) is 0 Å². The zero-order valence-corrected chi connectivity index (χ0v) is 12.1. The van der Waals surface area contributed by atoms with Gasteiger partial charge in [0.2, 0.25) is 0 Å². The van der Waals surface area contributed by atoms with Crippen LogP contribution in [0.1, 0.15) is 33.6 Å². The van der Waals surface area contributed by atoms with Gasteiger partial charge in [-0.1, -0.05) is 6.07 Å². The highest BCUT2D eigenvalue weighted by molar-refractivity contribution is 5.88. The molecule has 1 aromatic carbocycles. The van der Waals surface area contributed by atoms with Crippen molar-refractivity contribution in [2.24, 2.45) is 0 Å². The molecule has 0 amide bonds. The van der Waals surface area contributed by atoms with E-state index in [2.05, 4.69) is 33.2 Å². The van der Waals surface area contributed by atoms with Gasteiger partial charge < -0.3 is 10.1 Å². The zero-order valence-electron chi connectivity index (χ0n) is 12.1. The monoisotopic (exact) mass is 282 g/mol. The van der Waals surface area contributed by atoms with Gasteiger partial charge in [-0.2, -0.15) is 0 Å². The summed E-state index contributed by atoms with van der Waals surface area (Å²) < 4.78 is 4.65. The van der Waals surface area contributed by atoms with Crippen molar-refractivity contribution in [3.05, 3.63) is 58.9 Å². The molecule has 1 N–H and O–H groups in total. The highest BCUT2D eigenvalue weighted by atomic mass is 16.5. The fourth-order valence-corrected chi connectivity index (χ4v) is 2.64. The van der Waals surface area contributed by atoms with Crippen LogP contribution in [0.3, 0.4) is 0 Å². The summed E-state index contributed by atoms with van der Waals surface area (Å²) in [5.74, 6) is -0.361. The Kier molecular flexibility index (Phi) is 3.86. The fraction of sp³-hybridized carbons (Fsp3) is 0.294. The van der Waals surface area contributed by atoms with Crippen LogP contribution in [0.4, 0.5) is 5.69 Å². The maximum atomic E-state index is 11.3. The Morgan fingerprint density at radius 1 is 1.24 bits per heavy atom. The molecule has 1 aliphatic carbocycles. The van der Waals surface area contributed by atoms with Crippen molar-refractivity contribution >= 4 is 11.7 Å². The number of fused-ring (bicyclic) bond motifs is 1. The van der Waals surface area contributed by atoms with Crippen molar-refractivity contribution in [3.63, 3.8) is 0 Å². The zero-order chi connectivity index (χ0) is 14.7. The minimum atomic E-state index is -0.361. The van der Waals surface area contributed by atoms with Gasteiger partial charge in [-0.3, -0.25) is 4.98 Å². The predicted molar refractivity (Wildman–Crippen MR) is 81.4 cm³/mol. The number of nitrogens with zero attached hydrogens (tertiary/aromatic N) is 1. The van der Waals surface area contributed by atoms with Gasteiger partial charge in [-0.25, -0.2) is 4.79 Å². The van der Waals surface area contributed by atoms with Gasteiger partial charge in [0.05, 0.1) is 24.9 Å². The number of benzene rings is 1. The maximum absolute atomic E-state index is 11.3. The number of esters is 1. The molecule has 0 aliphatic heterocycles. The van der Waals surface area contributed by atoms with Gasteiger partial charge in [0.1, 0.15) is 0 Å². The molecule has 4 heteroatoms. The molecule has 3 rings (SSSR count). The molecule has 0 fully saturated rings. The van der Waals surface area contributed by atoms with Gasteiger partial charge in [-0.05, 0) is 54.7 Å². The summed E-state index contributed by atoms with van der Waals surface area (Å²) >= 11 is 0. The van der Waals surface area contributed by atoms with Crippen molar-refractivity contribution < 1.29 is 9.53 Å². The SMILES string of the molecule is COC(=O)c1ccc(CNc2ccc3c(c2)CCC3)nc1. The second-order valence-corrected chi connectivity index (χ2v) is 5.22. The summed E-state index contributed by atoms with van der Waals surface area (Å²) in [6.45, 7) is 0.639. The Morgan fingerprint density at radius 2 is 2.10 bits per heavy atom. The summed E-state index contributed by atoms with van der Waals surface area (Å²) in [5, 5.41) is 3.37. The van der Waals surface area contributed by atoms with Crippen molar-refractivity contribution in [2.45, 2.75) is 25.8 Å². The molecule has 0 bridgehead atoms. The molecular formula is C17H18N2O2. The summed E-state index contributed by atoms with van der Waals surface area (Å²) in [6, 6.07) is 10.1. The molecule has 0 saturated heterocycles. The molecule has 1 aromatic heterocycles. The summed E-state index contributed by atoms with van der Waals surface area (Å²) in [6.07, 6.45) is 5.18. The Bertz CT molecular complexity index is 650. The van der Waals surface area contributed by atoms with Gasteiger partial charge in [0, 0.05) is 11.9 Å². The van der Waals surface area contributed by atoms with Crippen LogP contribution in [0, 0.1) is 0 Å². The number of nitrogens with one attached hydrogen (secondary N) is 1. The molecule has 108 valence electrons. The first-order valence-electron chi connectivity index (χ1n) is 7.15. The maximum Gasteiger partial charge on any atom is 0.339 e. The lowest BCUT2D eigenvalue weighted by Crippen LogP contribution is -2.05. The lowest BCUT2D eigenvalue weighted by Gasteiger charge is -2.08. The van der Waals surface area contributed by atoms with Gasteiger partial charge in [0.25, 0.3) is 0 Å². The number of carbonyl (C=O) groups excluding carboxylic acids is 1. The third kappa shape index (κ3) is 3.05. The van der Waals surface area contributed by atoms with E-state index < -0.39 is 0 Å². The number of aryl methyl sites for hydroxylation is 2. The number of aromatic nitrogens is 1. The van der Waals surface area contributed by atoms with Crippen LogP contribution < -0.4 is 5.32 Å². The summed E-state index contributed by atoms with van der Waals surface area (Å²) in [7, 11) is 1.37. The highest BCUT2D eigenvalue weighted by Gasteiger charge is 2.10. The number of pyridine rings is 1. The first-order chi connectivity index (χ1) is 10.3. The largest absolute Gasteiger partial charge is 0.465 e. The van der Waals surface area contributed by atoms with E-state index in [1.807, 2.05) is 6.07 Å². The third-order valence-corrected chi connectivity index (χ3v) is 3.82. The van der Waals surface area contributed by atoms with Crippen LogP contribution in [0.25, 0.3) is 0 Å². The van der Waals surface area contributed by atoms with Crippen LogP contribution in [0.5, 0.6) is 0 Å². The summed E-state index contributed by atoms with van der Waals surface area (Å²) in [4.78, 5) is 15.6. The van der Waals surface area contributed by atoms with Gasteiger partial charge >= 0.3 is 5.97 Å². The smallest absolute Gasteiger partial charge is 0.339 e. The molecule has 1 heterocycles. The van der Waals surface area contributed by atoms with Crippen molar-refractivity contribution in [1.82, 2.24) is 4.98 Å². The predicted octanol–water partition coefficient (Wildman–Crippen LogP) is 2.97.